The molecule has 6 nitrogen and oxygen atoms in total. The van der Waals surface area contributed by atoms with E-state index in [4.69, 9.17) is 4.52 Å². The number of nitrogens with zero attached hydrogens (tertiary/aromatic N) is 2. The van der Waals surface area contributed by atoms with Crippen molar-refractivity contribution in [3.8, 4) is 0 Å². The minimum absolute atomic E-state index is 0. The van der Waals surface area contributed by atoms with E-state index in [9.17, 15) is 4.79 Å². The predicted octanol–water partition coefficient (Wildman–Crippen LogP) is 3.29. The molecule has 3 rings (SSSR count). The maximum atomic E-state index is 12.4. The molecule has 2 unspecified atom stereocenters. The Hall–Kier alpha value is -1.92. The second kappa shape index (κ2) is 10.4. The summed E-state index contributed by atoms with van der Waals surface area (Å²) in [5.74, 6) is 2.15. The highest BCUT2D eigenvalue weighted by Gasteiger charge is 2.23. The molecule has 0 radical (unpaired) electrons. The first-order valence-electron chi connectivity index (χ1n) is 9.48. The monoisotopic (exact) mass is 392 g/mol. The number of benzene rings is 1. The van der Waals surface area contributed by atoms with Crippen molar-refractivity contribution in [3.05, 3.63) is 47.6 Å². The molecule has 0 aliphatic carbocycles. The molecule has 1 aromatic heterocycles. The fourth-order valence-electron chi connectivity index (χ4n) is 3.53. The summed E-state index contributed by atoms with van der Waals surface area (Å²) in [5, 5.41) is 10.4. The lowest BCUT2D eigenvalue weighted by molar-refractivity contribution is -0.123. The summed E-state index contributed by atoms with van der Waals surface area (Å²) in [5.41, 5.74) is 1.13. The van der Waals surface area contributed by atoms with Crippen molar-refractivity contribution in [1.29, 1.82) is 0 Å². The number of hydrogen-bond donors (Lipinski definition) is 2. The quantitative estimate of drug-likeness (QED) is 0.755. The van der Waals surface area contributed by atoms with Crippen molar-refractivity contribution in [3.63, 3.8) is 0 Å². The zero-order valence-corrected chi connectivity index (χ0v) is 16.8. The number of carbonyl (C=O) groups excluding carboxylic acids is 1. The number of piperidine rings is 1. The summed E-state index contributed by atoms with van der Waals surface area (Å²) in [6, 6.07) is 9.74. The van der Waals surface area contributed by atoms with Gasteiger partial charge in [0.1, 0.15) is 6.04 Å². The van der Waals surface area contributed by atoms with Crippen LogP contribution >= 0.6 is 12.4 Å². The Kier molecular flexibility index (Phi) is 8.25. The molecule has 0 bridgehead atoms. The van der Waals surface area contributed by atoms with Crippen LogP contribution in [0.2, 0.25) is 0 Å². The number of amides is 1. The molecule has 1 amide bonds. The van der Waals surface area contributed by atoms with Crippen LogP contribution in [-0.4, -0.2) is 29.1 Å². The maximum Gasteiger partial charge on any atom is 0.248 e. The zero-order chi connectivity index (χ0) is 18.4. The van der Waals surface area contributed by atoms with Gasteiger partial charge in [0.25, 0.3) is 0 Å². The van der Waals surface area contributed by atoms with E-state index in [0.717, 1.165) is 31.5 Å². The smallest absolute Gasteiger partial charge is 0.248 e. The number of carbonyl (C=O) groups is 1. The van der Waals surface area contributed by atoms with Gasteiger partial charge in [0.05, 0.1) is 0 Å². The molecule has 0 spiro atoms. The summed E-state index contributed by atoms with van der Waals surface area (Å²) >= 11 is 0. The van der Waals surface area contributed by atoms with Crippen molar-refractivity contribution in [2.24, 2.45) is 11.8 Å². The second-order valence-corrected chi connectivity index (χ2v) is 7.27. The molecule has 1 aliphatic rings. The highest BCUT2D eigenvalue weighted by molar-refractivity contribution is 5.85. The fourth-order valence-corrected chi connectivity index (χ4v) is 3.53. The summed E-state index contributed by atoms with van der Waals surface area (Å²) < 4.78 is 5.34. The lowest BCUT2D eigenvalue weighted by Crippen LogP contribution is -2.34. The molecule has 2 atom stereocenters. The van der Waals surface area contributed by atoms with Crippen molar-refractivity contribution >= 4 is 18.3 Å². The van der Waals surface area contributed by atoms with Gasteiger partial charge in [-0.05, 0) is 50.3 Å². The van der Waals surface area contributed by atoms with Crippen LogP contribution in [0, 0.1) is 11.8 Å². The van der Waals surface area contributed by atoms with Crippen LogP contribution in [-0.2, 0) is 11.2 Å². The van der Waals surface area contributed by atoms with Gasteiger partial charge in [-0.15, -0.1) is 12.4 Å². The highest BCUT2D eigenvalue weighted by Crippen LogP contribution is 2.24. The van der Waals surface area contributed by atoms with Crippen LogP contribution in [0.5, 0.6) is 0 Å². The van der Waals surface area contributed by atoms with E-state index in [2.05, 4.69) is 27.7 Å². The van der Waals surface area contributed by atoms with Gasteiger partial charge in [-0.1, -0.05) is 42.4 Å². The summed E-state index contributed by atoms with van der Waals surface area (Å²) in [6.07, 6.45) is 3.46. The van der Waals surface area contributed by atoms with Gasteiger partial charge in [0.15, 0.2) is 5.82 Å². The van der Waals surface area contributed by atoms with Crippen LogP contribution in [0.25, 0.3) is 0 Å². The Morgan fingerprint density at radius 2 is 1.96 bits per heavy atom. The third-order valence-corrected chi connectivity index (χ3v) is 5.13. The molecular weight excluding hydrogens is 364 g/mol. The molecule has 2 N–H and O–H groups in total. The van der Waals surface area contributed by atoms with Crippen LogP contribution in [0.3, 0.4) is 0 Å². The van der Waals surface area contributed by atoms with Gasteiger partial charge in [0, 0.05) is 12.8 Å². The van der Waals surface area contributed by atoms with E-state index in [0.29, 0.717) is 36.4 Å². The number of halogens is 1. The van der Waals surface area contributed by atoms with Crippen molar-refractivity contribution < 1.29 is 9.32 Å². The lowest BCUT2D eigenvalue weighted by atomic mass is 9.84. The van der Waals surface area contributed by atoms with Crippen molar-refractivity contribution in [2.75, 3.05) is 13.1 Å². The van der Waals surface area contributed by atoms with E-state index < -0.39 is 0 Å². The molecule has 27 heavy (non-hydrogen) atoms. The second-order valence-electron chi connectivity index (χ2n) is 7.27. The van der Waals surface area contributed by atoms with Gasteiger partial charge < -0.3 is 15.2 Å². The molecule has 2 heterocycles. The first kappa shape index (κ1) is 21.4. The Balaban J connectivity index is 0.00000261. The zero-order valence-electron chi connectivity index (χ0n) is 16.0. The van der Waals surface area contributed by atoms with E-state index in [1.807, 2.05) is 37.3 Å². The standard InChI is InChI=1S/C20H28N4O2.ClH/c1-14(17-8-10-21-11-9-17)12-19(25)22-15(2)20-23-18(24-26-20)13-16-6-4-3-5-7-16;/h3-7,14-15,17,21H,8-13H2,1-2H3,(H,22,25);1H. The lowest BCUT2D eigenvalue weighted by Gasteiger charge is -2.28. The van der Waals surface area contributed by atoms with Gasteiger partial charge in [0.2, 0.25) is 11.8 Å². The topological polar surface area (TPSA) is 80.0 Å². The molecule has 0 saturated carbocycles. The predicted molar refractivity (Wildman–Crippen MR) is 107 cm³/mol. The van der Waals surface area contributed by atoms with E-state index >= 15 is 0 Å². The molecular formula is C20H29ClN4O2. The minimum atomic E-state index is -0.278. The fraction of sp³-hybridized carbons (Fsp3) is 0.550. The summed E-state index contributed by atoms with van der Waals surface area (Å²) in [7, 11) is 0. The number of hydrogen-bond acceptors (Lipinski definition) is 5. The van der Waals surface area contributed by atoms with Crippen LogP contribution in [0.1, 0.15) is 56.4 Å². The van der Waals surface area contributed by atoms with Gasteiger partial charge in [-0.25, -0.2) is 0 Å². The van der Waals surface area contributed by atoms with Crippen LogP contribution < -0.4 is 10.6 Å². The average molecular weight is 393 g/mol. The van der Waals surface area contributed by atoms with E-state index in [-0.39, 0.29) is 24.4 Å². The van der Waals surface area contributed by atoms with Gasteiger partial charge in [-0.2, -0.15) is 4.98 Å². The van der Waals surface area contributed by atoms with Crippen molar-refractivity contribution in [2.45, 2.75) is 45.6 Å². The normalized spacial score (nSPS) is 17.0. The Morgan fingerprint density at radius 3 is 2.67 bits per heavy atom. The molecule has 7 heteroatoms. The Morgan fingerprint density at radius 1 is 1.26 bits per heavy atom. The Labute approximate surface area is 166 Å². The average Bonchev–Trinajstić information content (AvgIpc) is 3.12. The molecule has 148 valence electrons. The van der Waals surface area contributed by atoms with E-state index in [1.165, 1.54) is 0 Å². The molecule has 1 aliphatic heterocycles. The van der Waals surface area contributed by atoms with E-state index in [1.54, 1.807) is 0 Å². The minimum Gasteiger partial charge on any atom is -0.345 e. The number of aromatic nitrogens is 2. The highest BCUT2D eigenvalue weighted by atomic mass is 35.5. The SMILES string of the molecule is CC(NC(=O)CC(C)C1CCNCC1)c1nc(Cc2ccccc2)no1.Cl. The van der Waals surface area contributed by atoms with Crippen molar-refractivity contribution in [1.82, 2.24) is 20.8 Å². The first-order chi connectivity index (χ1) is 12.6. The number of rotatable bonds is 7. The third kappa shape index (κ3) is 6.33. The van der Waals surface area contributed by atoms with Crippen LogP contribution in [0.4, 0.5) is 0 Å². The summed E-state index contributed by atoms with van der Waals surface area (Å²) in [6.45, 7) is 6.16. The van der Waals surface area contributed by atoms with Crippen LogP contribution in [0.15, 0.2) is 34.9 Å². The van der Waals surface area contributed by atoms with Gasteiger partial charge in [-0.3, -0.25) is 4.79 Å². The van der Waals surface area contributed by atoms with Gasteiger partial charge >= 0.3 is 0 Å². The molecule has 1 saturated heterocycles. The maximum absolute atomic E-state index is 12.4. The molecule has 2 aromatic rings. The Bertz CT molecular complexity index is 701. The first-order valence-corrected chi connectivity index (χ1v) is 9.48. The number of nitrogens with one attached hydrogen (secondary N) is 2. The third-order valence-electron chi connectivity index (χ3n) is 5.13. The molecule has 1 fully saturated rings. The largest absolute Gasteiger partial charge is 0.345 e. The summed E-state index contributed by atoms with van der Waals surface area (Å²) in [4.78, 5) is 16.8. The molecule has 1 aromatic carbocycles.